The molecule has 20 heavy (non-hydrogen) atoms. The van der Waals surface area contributed by atoms with E-state index in [1.807, 2.05) is 16.8 Å². The van der Waals surface area contributed by atoms with Crippen LogP contribution in [0.2, 0.25) is 0 Å². The maximum atomic E-state index is 12.6. The fraction of sp³-hybridized carbons (Fsp3) is 0.714. The molecule has 2 N–H and O–H groups in total. The van der Waals surface area contributed by atoms with E-state index in [0.29, 0.717) is 16.6 Å². The molecule has 112 valence electrons. The lowest BCUT2D eigenvalue weighted by Gasteiger charge is -2.20. The summed E-state index contributed by atoms with van der Waals surface area (Å²) in [6, 6.07) is 0.288. The Hall–Kier alpha value is -1.30. The van der Waals surface area contributed by atoms with Gasteiger partial charge in [0.15, 0.2) is 5.13 Å². The number of carbonyl (C=O) groups excluding carboxylic acids is 1. The highest BCUT2D eigenvalue weighted by Crippen LogP contribution is 2.32. The van der Waals surface area contributed by atoms with E-state index < -0.39 is 0 Å². The molecule has 1 aromatic heterocycles. The molecule has 1 amide bonds. The van der Waals surface area contributed by atoms with E-state index in [-0.39, 0.29) is 11.9 Å². The van der Waals surface area contributed by atoms with Gasteiger partial charge in [-0.1, -0.05) is 25.2 Å². The average molecular weight is 296 g/mol. The number of likely N-dealkylation sites (tertiary alicyclic amines) is 1. The van der Waals surface area contributed by atoms with Crippen LogP contribution in [0.25, 0.3) is 0 Å². The van der Waals surface area contributed by atoms with E-state index in [9.17, 15) is 4.79 Å². The number of nitrogens with two attached hydrogens (primary N) is 1. The Morgan fingerprint density at radius 2 is 2.25 bits per heavy atom. The summed E-state index contributed by atoms with van der Waals surface area (Å²) in [7, 11) is 1.98. The molecule has 1 aliphatic heterocycles. The minimum absolute atomic E-state index is 0.0352. The Bertz CT molecular complexity index is 488. The van der Waals surface area contributed by atoms with E-state index >= 15 is 0 Å². The van der Waals surface area contributed by atoms with E-state index in [1.54, 1.807) is 0 Å². The summed E-state index contributed by atoms with van der Waals surface area (Å²) >= 11 is 1.40. The van der Waals surface area contributed by atoms with Crippen LogP contribution in [-0.2, 0) is 0 Å². The van der Waals surface area contributed by atoms with Crippen molar-refractivity contribution < 1.29 is 4.79 Å². The second-order valence-corrected chi connectivity index (χ2v) is 6.76. The van der Waals surface area contributed by atoms with E-state index in [4.69, 9.17) is 5.73 Å². The molecule has 0 spiro atoms. The van der Waals surface area contributed by atoms with Gasteiger partial charge < -0.3 is 15.5 Å². The van der Waals surface area contributed by atoms with Gasteiger partial charge in [0, 0.05) is 26.2 Å². The predicted octanol–water partition coefficient (Wildman–Crippen LogP) is 2.44. The maximum Gasteiger partial charge on any atom is 0.268 e. The first kappa shape index (κ1) is 15.1. The highest BCUT2D eigenvalue weighted by molar-refractivity contribution is 7.18. The van der Waals surface area contributed by atoms with Gasteiger partial charge in [-0.15, -0.1) is 0 Å². The molecule has 0 aliphatic carbocycles. The van der Waals surface area contributed by atoms with Crippen molar-refractivity contribution in [2.75, 3.05) is 30.8 Å². The van der Waals surface area contributed by atoms with Crippen molar-refractivity contribution in [3.8, 4) is 0 Å². The normalized spacial score (nSPS) is 22.3. The summed E-state index contributed by atoms with van der Waals surface area (Å²) < 4.78 is 0. The van der Waals surface area contributed by atoms with Crippen molar-refractivity contribution in [2.24, 2.45) is 5.92 Å². The SMILES string of the molecule is CCCN(C)c1nc(N)c(C(=O)N2CC(C)CC2C)s1. The molecule has 1 aromatic rings. The second kappa shape index (κ2) is 5.99. The smallest absolute Gasteiger partial charge is 0.268 e. The summed E-state index contributed by atoms with van der Waals surface area (Å²) in [5.41, 5.74) is 5.95. The molecule has 0 radical (unpaired) electrons. The third-order valence-corrected chi connectivity index (χ3v) is 4.94. The first-order valence-electron chi connectivity index (χ1n) is 7.22. The molecule has 0 saturated carbocycles. The van der Waals surface area contributed by atoms with Gasteiger partial charge in [0.1, 0.15) is 10.7 Å². The molecule has 2 atom stereocenters. The van der Waals surface area contributed by atoms with Gasteiger partial charge in [-0.05, 0) is 25.7 Å². The van der Waals surface area contributed by atoms with Gasteiger partial charge >= 0.3 is 0 Å². The molecule has 1 saturated heterocycles. The highest BCUT2D eigenvalue weighted by atomic mass is 32.1. The van der Waals surface area contributed by atoms with Crippen LogP contribution < -0.4 is 10.6 Å². The number of thiazole rings is 1. The lowest BCUT2D eigenvalue weighted by Crippen LogP contribution is -2.33. The molecular weight excluding hydrogens is 272 g/mol. The van der Waals surface area contributed by atoms with E-state index in [0.717, 1.165) is 31.1 Å². The van der Waals surface area contributed by atoms with Crippen molar-refractivity contribution in [1.29, 1.82) is 0 Å². The fourth-order valence-corrected chi connectivity index (χ4v) is 3.71. The Kier molecular flexibility index (Phi) is 4.52. The van der Waals surface area contributed by atoms with Crippen LogP contribution >= 0.6 is 11.3 Å². The Morgan fingerprint density at radius 1 is 1.55 bits per heavy atom. The number of aromatic nitrogens is 1. The predicted molar refractivity (Wildman–Crippen MR) is 84.4 cm³/mol. The molecule has 0 bridgehead atoms. The van der Waals surface area contributed by atoms with Crippen LogP contribution in [0.4, 0.5) is 10.9 Å². The summed E-state index contributed by atoms with van der Waals surface area (Å²) in [4.78, 5) is 21.5. The van der Waals surface area contributed by atoms with Gasteiger partial charge in [-0.3, -0.25) is 4.79 Å². The number of hydrogen-bond acceptors (Lipinski definition) is 5. The third-order valence-electron chi connectivity index (χ3n) is 3.77. The molecule has 1 aliphatic rings. The van der Waals surface area contributed by atoms with Crippen LogP contribution in [0.15, 0.2) is 0 Å². The monoisotopic (exact) mass is 296 g/mol. The standard InChI is InChI=1S/C14H24N4OS/c1-5-6-17(4)14-16-12(15)11(20-14)13(19)18-8-9(2)7-10(18)3/h9-10H,5-8,15H2,1-4H3. The Balaban J connectivity index is 2.18. The molecule has 6 heteroatoms. The third kappa shape index (κ3) is 2.90. The second-order valence-electron chi connectivity index (χ2n) is 5.78. The van der Waals surface area contributed by atoms with Crippen LogP contribution in [0.3, 0.4) is 0 Å². The first-order chi connectivity index (χ1) is 9.43. The van der Waals surface area contributed by atoms with Gasteiger partial charge in [-0.2, -0.15) is 0 Å². The lowest BCUT2D eigenvalue weighted by atomic mass is 10.1. The van der Waals surface area contributed by atoms with Crippen molar-refractivity contribution in [2.45, 2.75) is 39.7 Å². The van der Waals surface area contributed by atoms with Crippen LogP contribution in [0, 0.1) is 5.92 Å². The summed E-state index contributed by atoms with van der Waals surface area (Å²) in [5.74, 6) is 0.961. The number of hydrogen-bond donors (Lipinski definition) is 1. The number of nitrogens with zero attached hydrogens (tertiary/aromatic N) is 3. The minimum atomic E-state index is 0.0352. The molecular formula is C14H24N4OS. The zero-order chi connectivity index (χ0) is 14.9. The molecule has 5 nitrogen and oxygen atoms in total. The number of carbonyl (C=O) groups is 1. The van der Waals surface area contributed by atoms with Crippen molar-refractivity contribution in [3.05, 3.63) is 4.88 Å². The number of amides is 1. The minimum Gasteiger partial charge on any atom is -0.382 e. The molecule has 1 fully saturated rings. The van der Waals surface area contributed by atoms with Gasteiger partial charge in [0.25, 0.3) is 5.91 Å². The van der Waals surface area contributed by atoms with Crippen molar-refractivity contribution >= 4 is 28.2 Å². The van der Waals surface area contributed by atoms with Gasteiger partial charge in [-0.25, -0.2) is 4.98 Å². The summed E-state index contributed by atoms with van der Waals surface area (Å²) in [5, 5.41) is 0.826. The highest BCUT2D eigenvalue weighted by Gasteiger charge is 2.32. The van der Waals surface area contributed by atoms with Crippen molar-refractivity contribution in [1.82, 2.24) is 9.88 Å². The number of rotatable bonds is 4. The van der Waals surface area contributed by atoms with Crippen molar-refractivity contribution in [3.63, 3.8) is 0 Å². The lowest BCUT2D eigenvalue weighted by molar-refractivity contribution is 0.0749. The van der Waals surface area contributed by atoms with E-state index in [2.05, 4.69) is 25.8 Å². The first-order valence-corrected chi connectivity index (χ1v) is 8.04. The largest absolute Gasteiger partial charge is 0.382 e. The zero-order valence-electron chi connectivity index (χ0n) is 12.7. The molecule has 2 rings (SSSR count). The Labute approximate surface area is 124 Å². The van der Waals surface area contributed by atoms with Crippen LogP contribution in [0.1, 0.15) is 43.3 Å². The quantitative estimate of drug-likeness (QED) is 0.927. The molecule has 2 heterocycles. The number of anilines is 2. The maximum absolute atomic E-state index is 12.6. The summed E-state index contributed by atoms with van der Waals surface area (Å²) in [6.07, 6.45) is 2.10. The fourth-order valence-electron chi connectivity index (χ4n) is 2.78. The average Bonchev–Trinajstić information content (AvgIpc) is 2.92. The topological polar surface area (TPSA) is 62.5 Å². The van der Waals surface area contributed by atoms with E-state index in [1.165, 1.54) is 11.3 Å². The van der Waals surface area contributed by atoms with Crippen LogP contribution in [0.5, 0.6) is 0 Å². The Morgan fingerprint density at radius 3 is 2.80 bits per heavy atom. The molecule has 0 aromatic carbocycles. The van der Waals surface area contributed by atoms with Gasteiger partial charge in [0.05, 0.1) is 0 Å². The van der Waals surface area contributed by atoms with Crippen LogP contribution in [-0.4, -0.2) is 42.0 Å². The zero-order valence-corrected chi connectivity index (χ0v) is 13.5. The summed E-state index contributed by atoms with van der Waals surface area (Å²) in [6.45, 7) is 8.13. The van der Waals surface area contributed by atoms with Gasteiger partial charge in [0.2, 0.25) is 0 Å². The number of nitrogen functional groups attached to an aromatic ring is 1. The molecule has 2 unspecified atom stereocenters.